The Kier molecular flexibility index (Phi) is 3.96. The Labute approximate surface area is 147 Å². The van der Waals surface area contributed by atoms with Gasteiger partial charge in [0.1, 0.15) is 0 Å². The van der Waals surface area contributed by atoms with E-state index in [-0.39, 0.29) is 12.0 Å². The fraction of sp³-hybridized carbons (Fsp3) is 0.286. The monoisotopic (exact) mass is 334 g/mol. The van der Waals surface area contributed by atoms with Gasteiger partial charge in [0.2, 0.25) is 0 Å². The molecule has 3 aromatic rings. The van der Waals surface area contributed by atoms with Gasteiger partial charge in [0, 0.05) is 34.6 Å². The van der Waals surface area contributed by atoms with Crippen LogP contribution in [0.15, 0.2) is 48.5 Å². The number of carbonyl (C=O) groups excluding carboxylic acids is 1. The van der Waals surface area contributed by atoms with E-state index in [9.17, 15) is 4.79 Å². The van der Waals surface area contributed by atoms with Gasteiger partial charge in [-0.2, -0.15) is 0 Å². The summed E-state index contributed by atoms with van der Waals surface area (Å²) in [5.41, 5.74) is 5.97. The molecule has 2 heterocycles. The van der Waals surface area contributed by atoms with E-state index in [2.05, 4.69) is 42.2 Å². The molecule has 0 saturated carbocycles. The maximum atomic E-state index is 12.4. The van der Waals surface area contributed by atoms with E-state index in [1.807, 2.05) is 30.0 Å². The normalized spacial score (nSPS) is 16.7. The predicted octanol–water partition coefficient (Wildman–Crippen LogP) is 4.58. The highest BCUT2D eigenvalue weighted by Crippen LogP contribution is 2.37. The first-order valence-corrected chi connectivity index (χ1v) is 8.75. The molecule has 4 rings (SSSR count). The van der Waals surface area contributed by atoms with Crippen LogP contribution in [0.1, 0.15) is 35.2 Å². The van der Waals surface area contributed by atoms with Gasteiger partial charge in [-0.1, -0.05) is 42.0 Å². The summed E-state index contributed by atoms with van der Waals surface area (Å²) in [4.78, 5) is 17.8. The minimum atomic E-state index is -0.240. The lowest BCUT2D eigenvalue weighted by Crippen LogP contribution is -2.38. The number of hydrogen-bond donors (Lipinski definition) is 1. The van der Waals surface area contributed by atoms with Gasteiger partial charge in [0.05, 0.1) is 13.2 Å². The number of ether oxygens (including phenoxy) is 1. The third-order valence-electron chi connectivity index (χ3n) is 4.92. The second-order valence-electron chi connectivity index (χ2n) is 6.61. The van der Waals surface area contributed by atoms with Crippen LogP contribution in [-0.4, -0.2) is 29.1 Å². The number of benzene rings is 2. The van der Waals surface area contributed by atoms with Gasteiger partial charge in [-0.15, -0.1) is 0 Å². The molecule has 4 heteroatoms. The Morgan fingerprint density at radius 2 is 2.04 bits per heavy atom. The van der Waals surface area contributed by atoms with Crippen LogP contribution in [-0.2, 0) is 11.3 Å². The average molecular weight is 334 g/mol. The summed E-state index contributed by atoms with van der Waals surface area (Å²) < 4.78 is 5.27. The van der Waals surface area contributed by atoms with Crippen molar-refractivity contribution in [2.75, 3.05) is 13.2 Å². The maximum absolute atomic E-state index is 12.4. The lowest BCUT2D eigenvalue weighted by molar-refractivity contribution is 0.100. The second kappa shape index (κ2) is 6.28. The molecule has 25 heavy (non-hydrogen) atoms. The molecule has 1 aliphatic heterocycles. The van der Waals surface area contributed by atoms with Crippen molar-refractivity contribution < 1.29 is 9.53 Å². The predicted molar refractivity (Wildman–Crippen MR) is 98.8 cm³/mol. The largest absolute Gasteiger partial charge is 0.450 e. The van der Waals surface area contributed by atoms with E-state index < -0.39 is 0 Å². The molecule has 0 bridgehead atoms. The Balaban J connectivity index is 1.85. The zero-order valence-electron chi connectivity index (χ0n) is 14.6. The number of fused-ring (bicyclic) bond motifs is 3. The molecule has 1 N–H and O–H groups in total. The van der Waals surface area contributed by atoms with E-state index in [1.165, 1.54) is 27.8 Å². The van der Waals surface area contributed by atoms with Gasteiger partial charge in [0.15, 0.2) is 0 Å². The first-order valence-electron chi connectivity index (χ1n) is 8.75. The zero-order valence-corrected chi connectivity index (χ0v) is 14.6. The lowest BCUT2D eigenvalue weighted by Gasteiger charge is -2.32. The molecule has 0 aliphatic carbocycles. The summed E-state index contributed by atoms with van der Waals surface area (Å²) in [6, 6.07) is 16.8. The molecule has 1 atom stereocenters. The van der Waals surface area contributed by atoms with Crippen molar-refractivity contribution in [3.8, 4) is 0 Å². The first kappa shape index (κ1) is 15.8. The molecule has 0 saturated heterocycles. The van der Waals surface area contributed by atoms with Crippen LogP contribution in [0.3, 0.4) is 0 Å². The van der Waals surface area contributed by atoms with Crippen LogP contribution in [0, 0.1) is 6.92 Å². The summed E-state index contributed by atoms with van der Waals surface area (Å²) in [5, 5.41) is 1.20. The van der Waals surface area contributed by atoms with E-state index in [1.54, 1.807) is 0 Å². The Bertz CT molecular complexity index is 914. The summed E-state index contributed by atoms with van der Waals surface area (Å²) in [6.07, 6.45) is -0.240. The molecule has 4 nitrogen and oxygen atoms in total. The molecule has 2 aromatic carbocycles. The number of nitrogens with zero attached hydrogens (tertiary/aromatic N) is 1. The number of hydrogen-bond acceptors (Lipinski definition) is 2. The number of nitrogens with one attached hydrogen (secondary N) is 1. The maximum Gasteiger partial charge on any atom is 0.410 e. The van der Waals surface area contributed by atoms with Gasteiger partial charge in [-0.05, 0) is 31.5 Å². The Morgan fingerprint density at radius 1 is 1.24 bits per heavy atom. The average Bonchev–Trinajstić information content (AvgIpc) is 3.00. The minimum absolute atomic E-state index is 0.127. The van der Waals surface area contributed by atoms with E-state index >= 15 is 0 Å². The van der Waals surface area contributed by atoms with Crippen LogP contribution >= 0.6 is 0 Å². The molecular formula is C21H22N2O2. The highest BCUT2D eigenvalue weighted by Gasteiger charge is 2.32. The van der Waals surface area contributed by atoms with Crippen molar-refractivity contribution in [1.29, 1.82) is 0 Å². The van der Waals surface area contributed by atoms with Crippen molar-refractivity contribution in [3.63, 3.8) is 0 Å². The number of aromatic amines is 1. The number of aryl methyl sites for hydroxylation is 1. The topological polar surface area (TPSA) is 45.3 Å². The Morgan fingerprint density at radius 3 is 2.80 bits per heavy atom. The molecule has 1 amide bonds. The van der Waals surface area contributed by atoms with Gasteiger partial charge < -0.3 is 14.6 Å². The van der Waals surface area contributed by atoms with Crippen LogP contribution in [0.4, 0.5) is 4.79 Å². The molecule has 1 aromatic heterocycles. The SMILES string of the molecule is CCOC(=O)N1Cc2c([nH]c3ccc(C)cc23)C(c2ccccc2)C1. The van der Waals surface area contributed by atoms with Crippen molar-refractivity contribution in [3.05, 3.63) is 70.9 Å². The number of amides is 1. The third-order valence-corrected chi connectivity index (χ3v) is 4.92. The van der Waals surface area contributed by atoms with Gasteiger partial charge in [0.25, 0.3) is 0 Å². The van der Waals surface area contributed by atoms with Crippen LogP contribution in [0.2, 0.25) is 0 Å². The van der Waals surface area contributed by atoms with Gasteiger partial charge in [-0.25, -0.2) is 4.79 Å². The van der Waals surface area contributed by atoms with E-state index in [0.29, 0.717) is 19.7 Å². The highest BCUT2D eigenvalue weighted by molar-refractivity contribution is 5.86. The van der Waals surface area contributed by atoms with Crippen molar-refractivity contribution in [1.82, 2.24) is 9.88 Å². The standard InChI is InChI=1S/C21H22N2O2/c1-3-25-21(24)23-12-17(15-7-5-4-6-8-15)20-18(13-23)16-11-14(2)9-10-19(16)22-20/h4-11,17,22H,3,12-13H2,1-2H3. The lowest BCUT2D eigenvalue weighted by atomic mass is 9.89. The Hall–Kier alpha value is -2.75. The van der Waals surface area contributed by atoms with Crippen LogP contribution in [0.25, 0.3) is 10.9 Å². The molecule has 0 spiro atoms. The molecule has 128 valence electrons. The number of carbonyl (C=O) groups is 1. The fourth-order valence-electron chi connectivity index (χ4n) is 3.73. The summed E-state index contributed by atoms with van der Waals surface area (Å²) >= 11 is 0. The molecule has 1 unspecified atom stereocenters. The van der Waals surface area contributed by atoms with E-state index in [0.717, 1.165) is 5.52 Å². The number of rotatable bonds is 2. The third kappa shape index (κ3) is 2.78. The number of H-pyrrole nitrogens is 1. The van der Waals surface area contributed by atoms with Crippen LogP contribution < -0.4 is 0 Å². The molecule has 0 fully saturated rings. The smallest absolute Gasteiger partial charge is 0.410 e. The summed E-state index contributed by atoms with van der Waals surface area (Å²) in [6.45, 7) is 5.55. The minimum Gasteiger partial charge on any atom is -0.450 e. The first-order chi connectivity index (χ1) is 12.2. The van der Waals surface area contributed by atoms with Crippen molar-refractivity contribution in [2.24, 2.45) is 0 Å². The van der Waals surface area contributed by atoms with Crippen molar-refractivity contribution in [2.45, 2.75) is 26.3 Å². The molecular weight excluding hydrogens is 312 g/mol. The summed E-state index contributed by atoms with van der Waals surface area (Å²) in [5.74, 6) is 0.127. The van der Waals surface area contributed by atoms with E-state index in [4.69, 9.17) is 4.74 Å². The van der Waals surface area contributed by atoms with Crippen molar-refractivity contribution >= 4 is 17.0 Å². The summed E-state index contributed by atoms with van der Waals surface area (Å²) in [7, 11) is 0. The highest BCUT2D eigenvalue weighted by atomic mass is 16.6. The van der Waals surface area contributed by atoms with Crippen LogP contribution in [0.5, 0.6) is 0 Å². The van der Waals surface area contributed by atoms with Gasteiger partial charge >= 0.3 is 6.09 Å². The molecule has 1 aliphatic rings. The fourth-order valence-corrected chi connectivity index (χ4v) is 3.73. The van der Waals surface area contributed by atoms with Gasteiger partial charge in [-0.3, -0.25) is 0 Å². The second-order valence-corrected chi connectivity index (χ2v) is 6.61. The quantitative estimate of drug-likeness (QED) is 0.745. The number of aromatic nitrogens is 1. The molecule has 0 radical (unpaired) electrons. The zero-order chi connectivity index (χ0) is 17.4.